The Morgan fingerprint density at radius 3 is 2.10 bits per heavy atom. The first-order valence-electron chi connectivity index (χ1n) is 9.36. The van der Waals surface area contributed by atoms with Crippen molar-refractivity contribution in [2.24, 2.45) is 0 Å². The van der Waals surface area contributed by atoms with Crippen LogP contribution in [0, 0.1) is 0 Å². The van der Waals surface area contributed by atoms with Crippen LogP contribution in [0.3, 0.4) is 0 Å². The predicted octanol–water partition coefficient (Wildman–Crippen LogP) is 6.20. The van der Waals surface area contributed by atoms with E-state index in [9.17, 15) is 0 Å². The Morgan fingerprint density at radius 2 is 1.47 bits per heavy atom. The Labute approximate surface area is 183 Å². The molecule has 6 heteroatoms. The van der Waals surface area contributed by atoms with Crippen molar-refractivity contribution in [2.45, 2.75) is 0 Å². The number of H-pyrrole nitrogens is 1. The van der Waals surface area contributed by atoms with Crippen LogP contribution in [0.5, 0.6) is 17.2 Å². The smallest absolute Gasteiger partial charge is 0.142 e. The monoisotopic (exact) mass is 464 g/mol. The summed E-state index contributed by atoms with van der Waals surface area (Å²) in [5.74, 6) is 2.88. The van der Waals surface area contributed by atoms with Gasteiger partial charge in [-0.05, 0) is 46.3 Å². The van der Waals surface area contributed by atoms with Crippen molar-refractivity contribution in [2.75, 3.05) is 21.3 Å². The maximum absolute atomic E-state index is 5.61. The topological polar surface area (TPSA) is 56.4 Å². The lowest BCUT2D eigenvalue weighted by Gasteiger charge is -2.10. The minimum absolute atomic E-state index is 0.671. The van der Waals surface area contributed by atoms with Gasteiger partial charge in [0.05, 0.1) is 42.8 Å². The van der Waals surface area contributed by atoms with Crippen LogP contribution in [0.15, 0.2) is 71.2 Å². The molecule has 1 N–H and O–H groups in total. The van der Waals surface area contributed by atoms with E-state index in [-0.39, 0.29) is 0 Å². The zero-order valence-electron chi connectivity index (χ0n) is 16.9. The molecule has 0 aliphatic heterocycles. The molecule has 0 spiro atoms. The fourth-order valence-corrected chi connectivity index (χ4v) is 3.82. The number of halogens is 1. The first-order valence-corrected chi connectivity index (χ1v) is 10.2. The Kier molecular flexibility index (Phi) is 5.77. The summed E-state index contributed by atoms with van der Waals surface area (Å²) in [5.41, 5.74) is 4.66. The largest absolute Gasteiger partial charge is 0.497 e. The Hall–Kier alpha value is -3.25. The molecule has 1 aromatic heterocycles. The predicted molar refractivity (Wildman–Crippen MR) is 122 cm³/mol. The molecule has 5 nitrogen and oxygen atoms in total. The lowest BCUT2D eigenvalue weighted by Crippen LogP contribution is -1.93. The van der Waals surface area contributed by atoms with Gasteiger partial charge in [0.1, 0.15) is 23.1 Å². The highest BCUT2D eigenvalue weighted by Crippen LogP contribution is 2.40. The van der Waals surface area contributed by atoms with Crippen LogP contribution in [-0.4, -0.2) is 31.3 Å². The second kappa shape index (κ2) is 8.63. The number of benzene rings is 3. The summed E-state index contributed by atoms with van der Waals surface area (Å²) in [4.78, 5) is 8.44. The number of nitrogens with one attached hydrogen (secondary N) is 1. The maximum Gasteiger partial charge on any atom is 0.142 e. The minimum Gasteiger partial charge on any atom is -0.497 e. The van der Waals surface area contributed by atoms with E-state index in [0.29, 0.717) is 17.3 Å². The van der Waals surface area contributed by atoms with Crippen LogP contribution in [0.2, 0.25) is 0 Å². The SMILES string of the molecule is COc1ccc(-c2[nH]c(-c3cc(Br)c(OC)cc3OC)nc2-c2ccccc2)cc1. The van der Waals surface area contributed by atoms with Gasteiger partial charge in [-0.3, -0.25) is 0 Å². The third-order valence-corrected chi connectivity index (χ3v) is 5.48. The van der Waals surface area contributed by atoms with Crippen molar-refractivity contribution < 1.29 is 14.2 Å². The molecule has 0 radical (unpaired) electrons. The van der Waals surface area contributed by atoms with Gasteiger partial charge in [0.15, 0.2) is 0 Å². The number of nitrogens with zero attached hydrogens (tertiary/aromatic N) is 1. The van der Waals surface area contributed by atoms with Gasteiger partial charge in [0, 0.05) is 17.2 Å². The molecule has 0 saturated carbocycles. The molecule has 3 aromatic carbocycles. The van der Waals surface area contributed by atoms with Crippen molar-refractivity contribution in [3.8, 4) is 51.2 Å². The van der Waals surface area contributed by atoms with Gasteiger partial charge in [-0.25, -0.2) is 4.98 Å². The normalized spacial score (nSPS) is 10.7. The number of hydrogen-bond acceptors (Lipinski definition) is 4. The third kappa shape index (κ3) is 3.78. The van der Waals surface area contributed by atoms with Crippen molar-refractivity contribution in [1.29, 1.82) is 0 Å². The minimum atomic E-state index is 0.671. The van der Waals surface area contributed by atoms with E-state index >= 15 is 0 Å². The van der Waals surface area contributed by atoms with Crippen molar-refractivity contribution in [3.63, 3.8) is 0 Å². The summed E-state index contributed by atoms with van der Waals surface area (Å²) in [5, 5.41) is 0. The summed E-state index contributed by atoms with van der Waals surface area (Å²) in [7, 11) is 4.92. The molecule has 0 bridgehead atoms. The molecule has 30 heavy (non-hydrogen) atoms. The number of aromatic amines is 1. The van der Waals surface area contributed by atoms with E-state index in [0.717, 1.165) is 38.3 Å². The third-order valence-electron chi connectivity index (χ3n) is 4.86. The number of rotatable bonds is 6. The number of ether oxygens (including phenoxy) is 3. The van der Waals surface area contributed by atoms with Gasteiger partial charge in [-0.1, -0.05) is 30.3 Å². The quantitative estimate of drug-likeness (QED) is 0.369. The summed E-state index contributed by atoms with van der Waals surface area (Å²) < 4.78 is 17.1. The van der Waals surface area contributed by atoms with Gasteiger partial charge in [-0.2, -0.15) is 0 Å². The Balaban J connectivity index is 1.91. The van der Waals surface area contributed by atoms with Gasteiger partial charge >= 0.3 is 0 Å². The van der Waals surface area contributed by atoms with Crippen LogP contribution < -0.4 is 14.2 Å². The molecule has 0 amide bonds. The standard InChI is InChI=1S/C24H21BrN2O3/c1-28-17-11-9-16(10-12-17)23-22(15-7-5-4-6-8-15)26-24(27-23)18-13-19(25)21(30-3)14-20(18)29-2/h4-14H,1-3H3,(H,26,27). The molecule has 0 aliphatic carbocycles. The number of aromatic nitrogens is 2. The summed E-state index contributed by atoms with van der Waals surface area (Å²) in [6.07, 6.45) is 0. The van der Waals surface area contributed by atoms with Crippen molar-refractivity contribution >= 4 is 15.9 Å². The van der Waals surface area contributed by atoms with Crippen LogP contribution in [0.1, 0.15) is 0 Å². The van der Waals surface area contributed by atoms with Crippen LogP contribution in [0.4, 0.5) is 0 Å². The van der Waals surface area contributed by atoms with Gasteiger partial charge in [-0.15, -0.1) is 0 Å². The van der Waals surface area contributed by atoms with E-state index in [1.165, 1.54) is 0 Å². The average Bonchev–Trinajstić information content (AvgIpc) is 3.25. The number of imidazole rings is 1. The van der Waals surface area contributed by atoms with Gasteiger partial charge in [0.2, 0.25) is 0 Å². The first-order chi connectivity index (χ1) is 14.6. The Bertz CT molecular complexity index is 1160. The summed E-state index contributed by atoms with van der Waals surface area (Å²) in [6, 6.07) is 21.8. The fourth-order valence-electron chi connectivity index (χ4n) is 3.32. The molecular formula is C24H21BrN2O3. The molecule has 0 aliphatic rings. The highest BCUT2D eigenvalue weighted by Gasteiger charge is 2.19. The van der Waals surface area contributed by atoms with Crippen molar-refractivity contribution in [1.82, 2.24) is 9.97 Å². The molecule has 0 atom stereocenters. The van der Waals surface area contributed by atoms with Crippen molar-refractivity contribution in [3.05, 3.63) is 71.2 Å². The number of hydrogen-bond donors (Lipinski definition) is 1. The van der Waals surface area contributed by atoms with Gasteiger partial charge < -0.3 is 19.2 Å². The molecule has 152 valence electrons. The van der Waals surface area contributed by atoms with Crippen LogP contribution in [-0.2, 0) is 0 Å². The van der Waals surface area contributed by atoms with Gasteiger partial charge in [0.25, 0.3) is 0 Å². The molecular weight excluding hydrogens is 444 g/mol. The van der Waals surface area contributed by atoms with E-state index in [1.54, 1.807) is 21.3 Å². The van der Waals surface area contributed by atoms with E-state index in [4.69, 9.17) is 19.2 Å². The zero-order valence-corrected chi connectivity index (χ0v) is 18.5. The van der Waals surface area contributed by atoms with E-state index in [1.807, 2.05) is 66.7 Å². The molecule has 0 fully saturated rings. The molecule has 1 heterocycles. The van der Waals surface area contributed by atoms with Crippen LogP contribution >= 0.6 is 15.9 Å². The highest BCUT2D eigenvalue weighted by atomic mass is 79.9. The summed E-state index contributed by atoms with van der Waals surface area (Å²) in [6.45, 7) is 0. The average molecular weight is 465 g/mol. The first kappa shape index (κ1) is 20.0. The summed E-state index contributed by atoms with van der Waals surface area (Å²) >= 11 is 3.56. The van der Waals surface area contributed by atoms with Crippen LogP contribution in [0.25, 0.3) is 33.9 Å². The molecule has 0 unspecified atom stereocenters. The van der Waals surface area contributed by atoms with E-state index in [2.05, 4.69) is 20.9 Å². The molecule has 4 rings (SSSR count). The Morgan fingerprint density at radius 1 is 0.767 bits per heavy atom. The lowest BCUT2D eigenvalue weighted by molar-refractivity contribution is 0.393. The molecule has 4 aromatic rings. The maximum atomic E-state index is 5.61. The lowest BCUT2D eigenvalue weighted by atomic mass is 10.1. The van der Waals surface area contributed by atoms with E-state index < -0.39 is 0 Å². The second-order valence-electron chi connectivity index (χ2n) is 6.59. The fraction of sp³-hybridized carbons (Fsp3) is 0.125. The molecule has 0 saturated heterocycles. The highest BCUT2D eigenvalue weighted by molar-refractivity contribution is 9.10. The number of methoxy groups -OCH3 is 3. The second-order valence-corrected chi connectivity index (χ2v) is 7.44. The zero-order chi connectivity index (χ0) is 21.1.